The lowest BCUT2D eigenvalue weighted by atomic mass is 10.1. The molecule has 0 amide bonds. The Bertz CT molecular complexity index is 844. The van der Waals surface area contributed by atoms with E-state index in [2.05, 4.69) is 5.32 Å². The maximum Gasteiger partial charge on any atom is 0.243 e. The second-order valence-corrected chi connectivity index (χ2v) is 7.56. The Morgan fingerprint density at radius 2 is 1.73 bits per heavy atom. The van der Waals surface area contributed by atoms with Crippen molar-refractivity contribution < 1.29 is 17.9 Å². The minimum absolute atomic E-state index is 0.106. The summed E-state index contributed by atoms with van der Waals surface area (Å²) in [5.41, 5.74) is 1.23. The zero-order valence-corrected chi connectivity index (χ0v) is 16.0. The number of sulfonamides is 1. The van der Waals surface area contributed by atoms with Gasteiger partial charge in [-0.25, -0.2) is 8.42 Å². The lowest BCUT2D eigenvalue weighted by Gasteiger charge is -2.18. The molecule has 0 radical (unpaired) electrons. The molecule has 0 saturated heterocycles. The van der Waals surface area contributed by atoms with Crippen LogP contribution in [-0.2, 0) is 10.0 Å². The van der Waals surface area contributed by atoms with Crippen LogP contribution in [0.15, 0.2) is 53.4 Å². The van der Waals surface area contributed by atoms with Crippen molar-refractivity contribution in [3.8, 4) is 5.75 Å². The third kappa shape index (κ3) is 4.62. The number of methoxy groups -OCH3 is 1. The number of benzene rings is 2. The summed E-state index contributed by atoms with van der Waals surface area (Å²) in [6.07, 6.45) is 0. The fourth-order valence-corrected chi connectivity index (χ4v) is 4.00. The third-order valence-electron chi connectivity index (χ3n) is 4.04. The predicted octanol–water partition coefficient (Wildman–Crippen LogP) is 3.02. The second kappa shape index (κ2) is 8.82. The van der Waals surface area contributed by atoms with Gasteiger partial charge in [-0.3, -0.25) is 4.79 Å². The average Bonchev–Trinajstić information content (AvgIpc) is 2.67. The minimum atomic E-state index is -3.51. The van der Waals surface area contributed by atoms with E-state index in [0.29, 0.717) is 24.4 Å². The molecule has 2 rings (SSSR count). The topological polar surface area (TPSA) is 75.7 Å². The molecule has 7 heteroatoms. The van der Waals surface area contributed by atoms with Gasteiger partial charge in [0.05, 0.1) is 18.6 Å². The van der Waals surface area contributed by atoms with Gasteiger partial charge in [0.15, 0.2) is 5.78 Å². The van der Waals surface area contributed by atoms with Crippen LogP contribution in [0.2, 0.25) is 0 Å². The molecule has 0 aliphatic carbocycles. The van der Waals surface area contributed by atoms with Crippen LogP contribution in [0.5, 0.6) is 5.75 Å². The number of ether oxygens (including phenoxy) is 1. The second-order valence-electron chi connectivity index (χ2n) is 5.62. The molecule has 1 N–H and O–H groups in total. The summed E-state index contributed by atoms with van der Waals surface area (Å²) in [6, 6.07) is 13.3. The molecule has 0 aromatic heterocycles. The van der Waals surface area contributed by atoms with Crippen molar-refractivity contribution >= 4 is 21.5 Å². The van der Waals surface area contributed by atoms with Crippen LogP contribution in [0.1, 0.15) is 24.2 Å². The Hall–Kier alpha value is -2.38. The minimum Gasteiger partial charge on any atom is -0.497 e. The number of hydrogen-bond donors (Lipinski definition) is 1. The highest BCUT2D eigenvalue weighted by molar-refractivity contribution is 7.89. The van der Waals surface area contributed by atoms with Crippen molar-refractivity contribution in [2.24, 2.45) is 0 Å². The van der Waals surface area contributed by atoms with Crippen LogP contribution < -0.4 is 10.1 Å². The van der Waals surface area contributed by atoms with E-state index in [0.717, 1.165) is 5.69 Å². The molecule has 0 fully saturated rings. The molecule has 2 aromatic carbocycles. The summed E-state index contributed by atoms with van der Waals surface area (Å²) in [6.45, 7) is 4.51. The van der Waals surface area contributed by atoms with Crippen LogP contribution in [-0.4, -0.2) is 45.3 Å². The first-order valence-electron chi connectivity index (χ1n) is 8.43. The van der Waals surface area contributed by atoms with Gasteiger partial charge in [0.1, 0.15) is 5.75 Å². The molecule has 0 bridgehead atoms. The number of hydrogen-bond acceptors (Lipinski definition) is 5. The molecular weight excluding hydrogens is 352 g/mol. The van der Waals surface area contributed by atoms with Gasteiger partial charge in [-0.2, -0.15) is 4.31 Å². The average molecular weight is 376 g/mol. The number of carbonyl (C=O) groups is 1. The number of nitrogens with zero attached hydrogens (tertiary/aromatic N) is 1. The Balaban J connectivity index is 2.06. The number of nitrogens with one attached hydrogen (secondary N) is 1. The summed E-state index contributed by atoms with van der Waals surface area (Å²) in [7, 11) is -1.93. The van der Waals surface area contributed by atoms with E-state index in [4.69, 9.17) is 4.74 Å². The van der Waals surface area contributed by atoms with Gasteiger partial charge in [-0.1, -0.05) is 19.9 Å². The maximum atomic E-state index is 12.5. The molecule has 140 valence electrons. The molecule has 26 heavy (non-hydrogen) atoms. The molecule has 0 saturated carbocycles. The van der Waals surface area contributed by atoms with Crippen LogP contribution in [0.4, 0.5) is 5.69 Å². The monoisotopic (exact) mass is 376 g/mol. The van der Waals surface area contributed by atoms with Crippen molar-refractivity contribution in [2.45, 2.75) is 18.7 Å². The third-order valence-corrected chi connectivity index (χ3v) is 6.11. The molecule has 6 nitrogen and oxygen atoms in total. The highest BCUT2D eigenvalue weighted by Crippen LogP contribution is 2.18. The normalized spacial score (nSPS) is 11.4. The Morgan fingerprint density at radius 3 is 2.31 bits per heavy atom. The first kappa shape index (κ1) is 19.9. The Labute approximate surface area is 154 Å². The number of rotatable bonds is 9. The van der Waals surface area contributed by atoms with E-state index < -0.39 is 10.0 Å². The fraction of sp³-hybridized carbons (Fsp3) is 0.316. The van der Waals surface area contributed by atoms with Gasteiger partial charge >= 0.3 is 0 Å². The Kier molecular flexibility index (Phi) is 6.76. The van der Waals surface area contributed by atoms with Gasteiger partial charge in [-0.15, -0.1) is 0 Å². The SMILES string of the molecule is CCN(CC)S(=O)(=O)c1ccc(C(=O)CNc2cccc(OC)c2)cc1. The largest absolute Gasteiger partial charge is 0.497 e. The number of Topliss-reactive ketones (excluding diaryl/α,β-unsaturated/α-hetero) is 1. The predicted molar refractivity (Wildman–Crippen MR) is 102 cm³/mol. The molecular formula is C19H24N2O4S. The number of ketones is 1. The quantitative estimate of drug-likeness (QED) is 0.681. The lowest BCUT2D eigenvalue weighted by Crippen LogP contribution is -2.30. The molecule has 0 aliphatic heterocycles. The molecule has 0 heterocycles. The van der Waals surface area contributed by atoms with Gasteiger partial charge in [-0.05, 0) is 36.4 Å². The Morgan fingerprint density at radius 1 is 1.08 bits per heavy atom. The standard InChI is InChI=1S/C19H24N2O4S/c1-4-21(5-2)26(23,24)18-11-9-15(10-12-18)19(22)14-20-16-7-6-8-17(13-16)25-3/h6-13,20H,4-5,14H2,1-3H3. The zero-order chi connectivity index (χ0) is 19.2. The van der Waals surface area contributed by atoms with Crippen molar-refractivity contribution in [1.29, 1.82) is 0 Å². The van der Waals surface area contributed by atoms with Gasteiger partial charge in [0.2, 0.25) is 10.0 Å². The maximum absolute atomic E-state index is 12.5. The molecule has 0 spiro atoms. The zero-order valence-electron chi connectivity index (χ0n) is 15.2. The van der Waals surface area contributed by atoms with Crippen molar-refractivity contribution in [1.82, 2.24) is 4.31 Å². The fourth-order valence-electron chi connectivity index (χ4n) is 2.54. The van der Waals surface area contributed by atoms with Crippen molar-refractivity contribution in [3.05, 3.63) is 54.1 Å². The first-order chi connectivity index (χ1) is 12.4. The van der Waals surface area contributed by atoms with Crippen LogP contribution in [0.25, 0.3) is 0 Å². The summed E-state index contributed by atoms with van der Waals surface area (Å²) in [4.78, 5) is 12.5. The smallest absolute Gasteiger partial charge is 0.243 e. The highest BCUT2D eigenvalue weighted by Gasteiger charge is 2.21. The van der Waals surface area contributed by atoms with Crippen molar-refractivity contribution in [2.75, 3.05) is 32.1 Å². The summed E-state index contributed by atoms with van der Waals surface area (Å²) < 4.78 is 31.5. The molecule has 2 aromatic rings. The molecule has 0 atom stereocenters. The summed E-state index contributed by atoms with van der Waals surface area (Å²) in [5, 5.41) is 3.04. The van der Waals surface area contributed by atoms with E-state index in [-0.39, 0.29) is 17.2 Å². The van der Waals surface area contributed by atoms with E-state index in [1.807, 2.05) is 18.2 Å². The molecule has 0 unspecified atom stereocenters. The number of carbonyl (C=O) groups excluding carboxylic acids is 1. The molecule has 0 aliphatic rings. The van der Waals surface area contributed by atoms with E-state index in [1.165, 1.54) is 16.4 Å². The van der Waals surface area contributed by atoms with Crippen LogP contribution >= 0.6 is 0 Å². The first-order valence-corrected chi connectivity index (χ1v) is 9.87. The van der Waals surface area contributed by atoms with E-state index in [9.17, 15) is 13.2 Å². The van der Waals surface area contributed by atoms with E-state index >= 15 is 0 Å². The van der Waals surface area contributed by atoms with Crippen LogP contribution in [0.3, 0.4) is 0 Å². The van der Waals surface area contributed by atoms with Crippen molar-refractivity contribution in [3.63, 3.8) is 0 Å². The van der Waals surface area contributed by atoms with Gasteiger partial charge in [0, 0.05) is 30.4 Å². The summed E-state index contributed by atoms with van der Waals surface area (Å²) in [5.74, 6) is 0.577. The lowest BCUT2D eigenvalue weighted by molar-refractivity contribution is 0.101. The van der Waals surface area contributed by atoms with Crippen LogP contribution in [0, 0.1) is 0 Å². The highest BCUT2D eigenvalue weighted by atomic mass is 32.2. The van der Waals surface area contributed by atoms with Gasteiger partial charge < -0.3 is 10.1 Å². The number of anilines is 1. The summed E-state index contributed by atoms with van der Waals surface area (Å²) >= 11 is 0. The van der Waals surface area contributed by atoms with E-state index in [1.54, 1.807) is 39.2 Å². The van der Waals surface area contributed by atoms with Gasteiger partial charge in [0.25, 0.3) is 0 Å².